The third-order valence-corrected chi connectivity index (χ3v) is 5.11. The zero-order chi connectivity index (χ0) is 14.9. The van der Waals surface area contributed by atoms with Crippen molar-refractivity contribution in [2.24, 2.45) is 17.8 Å². The summed E-state index contributed by atoms with van der Waals surface area (Å²) >= 11 is 0. The van der Waals surface area contributed by atoms with Gasteiger partial charge < -0.3 is 5.32 Å². The largest absolute Gasteiger partial charge is 0.310 e. The summed E-state index contributed by atoms with van der Waals surface area (Å²) in [5, 5.41) is 3.38. The Morgan fingerprint density at radius 3 is 2.71 bits per heavy atom. The highest BCUT2D eigenvalue weighted by Gasteiger charge is 2.47. The molecule has 0 radical (unpaired) electrons. The molecule has 0 saturated carbocycles. The van der Waals surface area contributed by atoms with Crippen LogP contribution in [0.5, 0.6) is 0 Å². The fraction of sp³-hybridized carbons (Fsp3) is 0.611. The average Bonchev–Trinajstić information content (AvgIpc) is 2.93. The van der Waals surface area contributed by atoms with Crippen molar-refractivity contribution in [1.29, 1.82) is 0 Å². The van der Waals surface area contributed by atoms with Crippen LogP contribution in [0.3, 0.4) is 0 Å². The molecule has 2 aliphatic carbocycles. The summed E-state index contributed by atoms with van der Waals surface area (Å²) in [6.07, 6.45) is 14.5. The van der Waals surface area contributed by atoms with Gasteiger partial charge in [-0.3, -0.25) is 4.79 Å². The van der Waals surface area contributed by atoms with E-state index < -0.39 is 5.67 Å². The topological polar surface area (TPSA) is 29.1 Å². The normalized spacial score (nSPS) is 41.2. The van der Waals surface area contributed by atoms with E-state index in [1.807, 2.05) is 6.92 Å². The Morgan fingerprint density at radius 2 is 2.00 bits per heavy atom. The Labute approximate surface area is 126 Å². The van der Waals surface area contributed by atoms with Gasteiger partial charge in [-0.2, -0.15) is 0 Å². The van der Waals surface area contributed by atoms with Crippen molar-refractivity contribution in [2.75, 3.05) is 6.54 Å². The molecule has 0 aromatic carbocycles. The van der Waals surface area contributed by atoms with Gasteiger partial charge in [0.1, 0.15) is 5.78 Å². The molecule has 0 spiro atoms. The van der Waals surface area contributed by atoms with Gasteiger partial charge in [0.2, 0.25) is 0 Å². The second-order valence-electron chi connectivity index (χ2n) is 6.54. The van der Waals surface area contributed by atoms with Gasteiger partial charge >= 0.3 is 0 Å². The lowest BCUT2D eigenvalue weighted by Gasteiger charge is -2.34. The molecule has 0 bridgehead atoms. The van der Waals surface area contributed by atoms with Crippen molar-refractivity contribution < 1.29 is 9.18 Å². The molecule has 114 valence electrons. The van der Waals surface area contributed by atoms with Crippen LogP contribution in [0.1, 0.15) is 32.6 Å². The predicted molar refractivity (Wildman–Crippen MR) is 82.7 cm³/mol. The predicted octanol–water partition coefficient (Wildman–Crippen LogP) is 3.36. The minimum Gasteiger partial charge on any atom is -0.310 e. The number of carbonyl (C=O) groups is 1. The van der Waals surface area contributed by atoms with E-state index in [4.69, 9.17) is 0 Å². The summed E-state index contributed by atoms with van der Waals surface area (Å²) in [4.78, 5) is 11.9. The Morgan fingerprint density at radius 1 is 1.29 bits per heavy atom. The zero-order valence-electron chi connectivity index (χ0n) is 12.6. The van der Waals surface area contributed by atoms with Gasteiger partial charge in [0.25, 0.3) is 0 Å². The SMILES string of the molecule is CCCC(=O)C1C=CC(F)(C2NCC3CC=CCC32)C=C1. The monoisotopic (exact) mass is 289 g/mol. The highest BCUT2D eigenvalue weighted by Crippen LogP contribution is 2.41. The summed E-state index contributed by atoms with van der Waals surface area (Å²) in [7, 11) is 0. The first-order valence-corrected chi connectivity index (χ1v) is 8.13. The van der Waals surface area contributed by atoms with Gasteiger partial charge in [-0.05, 0) is 49.8 Å². The molecule has 1 saturated heterocycles. The molecule has 21 heavy (non-hydrogen) atoms. The number of allylic oxidation sites excluding steroid dienone is 4. The van der Waals surface area contributed by atoms with Gasteiger partial charge in [0, 0.05) is 6.42 Å². The van der Waals surface area contributed by atoms with E-state index in [0.29, 0.717) is 18.3 Å². The van der Waals surface area contributed by atoms with E-state index in [-0.39, 0.29) is 17.7 Å². The van der Waals surface area contributed by atoms with Crippen LogP contribution in [0, 0.1) is 17.8 Å². The van der Waals surface area contributed by atoms with Gasteiger partial charge in [-0.15, -0.1) is 0 Å². The molecule has 3 atom stereocenters. The van der Waals surface area contributed by atoms with E-state index in [0.717, 1.165) is 25.8 Å². The first-order valence-electron chi connectivity index (χ1n) is 8.13. The van der Waals surface area contributed by atoms with Crippen molar-refractivity contribution in [3.63, 3.8) is 0 Å². The third kappa shape index (κ3) is 2.76. The Balaban J connectivity index is 1.72. The fourth-order valence-electron chi connectivity index (χ4n) is 3.91. The van der Waals surface area contributed by atoms with Gasteiger partial charge in [0.05, 0.1) is 12.0 Å². The molecule has 0 aromatic rings. The van der Waals surface area contributed by atoms with Gasteiger partial charge in [-0.25, -0.2) is 4.39 Å². The lowest BCUT2D eigenvalue weighted by molar-refractivity contribution is -0.120. The summed E-state index contributed by atoms with van der Waals surface area (Å²) in [5.74, 6) is 0.855. The number of rotatable bonds is 4. The smallest absolute Gasteiger partial charge is 0.162 e. The number of halogens is 1. The summed E-state index contributed by atoms with van der Waals surface area (Å²) in [6.45, 7) is 2.89. The van der Waals surface area contributed by atoms with Crippen molar-refractivity contribution in [1.82, 2.24) is 5.32 Å². The van der Waals surface area contributed by atoms with Gasteiger partial charge in [-0.1, -0.05) is 31.2 Å². The van der Waals surface area contributed by atoms with E-state index in [1.165, 1.54) is 0 Å². The zero-order valence-corrected chi connectivity index (χ0v) is 12.6. The van der Waals surface area contributed by atoms with Crippen LogP contribution in [0.4, 0.5) is 4.39 Å². The van der Waals surface area contributed by atoms with Crippen LogP contribution in [0.2, 0.25) is 0 Å². The highest BCUT2D eigenvalue weighted by molar-refractivity contribution is 5.84. The van der Waals surface area contributed by atoms with Crippen LogP contribution < -0.4 is 5.32 Å². The maximum atomic E-state index is 15.3. The summed E-state index contributed by atoms with van der Waals surface area (Å²) in [5.41, 5.74) is -1.45. The molecule has 1 fully saturated rings. The molecule has 3 unspecified atom stereocenters. The van der Waals surface area contributed by atoms with Gasteiger partial charge in [0.15, 0.2) is 5.67 Å². The first-order chi connectivity index (χ1) is 10.1. The van der Waals surface area contributed by atoms with Crippen LogP contribution in [0.25, 0.3) is 0 Å². The van der Waals surface area contributed by atoms with E-state index in [1.54, 1.807) is 24.3 Å². The van der Waals surface area contributed by atoms with Crippen LogP contribution >= 0.6 is 0 Å². The minimum absolute atomic E-state index is 0.165. The summed E-state index contributed by atoms with van der Waals surface area (Å²) in [6, 6.07) is -0.165. The molecule has 1 N–H and O–H groups in total. The molecule has 3 aliphatic rings. The lowest BCUT2D eigenvalue weighted by Crippen LogP contribution is -2.46. The number of Topliss-reactive ketones (excluding diaryl/α,β-unsaturated/α-hetero) is 1. The van der Waals surface area contributed by atoms with E-state index >= 15 is 4.39 Å². The second-order valence-corrected chi connectivity index (χ2v) is 6.54. The summed E-state index contributed by atoms with van der Waals surface area (Å²) < 4.78 is 15.3. The maximum absolute atomic E-state index is 15.3. The van der Waals surface area contributed by atoms with E-state index in [9.17, 15) is 4.79 Å². The van der Waals surface area contributed by atoms with Crippen LogP contribution in [-0.2, 0) is 4.79 Å². The number of hydrogen-bond donors (Lipinski definition) is 1. The van der Waals surface area contributed by atoms with Crippen molar-refractivity contribution in [3.05, 3.63) is 36.5 Å². The maximum Gasteiger partial charge on any atom is 0.162 e. The quantitative estimate of drug-likeness (QED) is 0.804. The first kappa shape index (κ1) is 14.7. The molecule has 0 amide bonds. The fourth-order valence-corrected chi connectivity index (χ4v) is 3.91. The van der Waals surface area contributed by atoms with E-state index in [2.05, 4.69) is 17.5 Å². The van der Waals surface area contributed by atoms with Crippen molar-refractivity contribution in [2.45, 2.75) is 44.3 Å². The minimum atomic E-state index is -1.45. The molecule has 0 aromatic heterocycles. The Kier molecular flexibility index (Phi) is 4.12. The lowest BCUT2D eigenvalue weighted by atomic mass is 9.75. The number of hydrogen-bond acceptors (Lipinski definition) is 2. The standard InChI is InChI=1S/C18H24FNO/c1-2-5-16(21)13-8-10-18(19,11-9-13)17-15-7-4-3-6-14(15)12-20-17/h3-4,8-11,13-15,17,20H,2,5-7,12H2,1H3. The van der Waals surface area contributed by atoms with Crippen LogP contribution in [-0.4, -0.2) is 24.0 Å². The molecular weight excluding hydrogens is 265 g/mol. The number of fused-ring (bicyclic) bond motifs is 1. The van der Waals surface area contributed by atoms with Crippen molar-refractivity contribution in [3.8, 4) is 0 Å². The molecule has 2 nitrogen and oxygen atoms in total. The molecule has 1 aliphatic heterocycles. The highest BCUT2D eigenvalue weighted by atomic mass is 19.1. The molecule has 3 heteroatoms. The Bertz CT molecular complexity index is 479. The number of carbonyl (C=O) groups excluding carboxylic acids is 1. The van der Waals surface area contributed by atoms with Crippen LogP contribution in [0.15, 0.2) is 36.5 Å². The molecule has 1 heterocycles. The number of ketones is 1. The van der Waals surface area contributed by atoms with Crippen molar-refractivity contribution >= 4 is 5.78 Å². The second kappa shape index (κ2) is 5.88. The average molecular weight is 289 g/mol. The molecule has 3 rings (SSSR count). The number of alkyl halides is 1. The number of nitrogens with one attached hydrogen (secondary N) is 1. The Hall–Kier alpha value is -1.22. The molecular formula is C18H24FNO. The third-order valence-electron chi connectivity index (χ3n) is 5.11.